The molecule has 148 valence electrons. The fourth-order valence-corrected chi connectivity index (χ4v) is 3.03. The molecule has 0 saturated heterocycles. The van der Waals surface area contributed by atoms with Gasteiger partial charge in [0.05, 0.1) is 5.69 Å². The lowest BCUT2D eigenvalue weighted by molar-refractivity contribution is 0.102. The van der Waals surface area contributed by atoms with Gasteiger partial charge in [-0.2, -0.15) is 0 Å². The maximum atomic E-state index is 13.5. The van der Waals surface area contributed by atoms with Crippen molar-refractivity contribution < 1.29 is 9.18 Å². The monoisotopic (exact) mass is 398 g/mol. The Morgan fingerprint density at radius 2 is 1.73 bits per heavy atom. The van der Waals surface area contributed by atoms with Crippen molar-refractivity contribution in [1.82, 2.24) is 9.97 Å². The Bertz CT molecular complexity index is 1210. The van der Waals surface area contributed by atoms with Gasteiger partial charge < -0.3 is 10.6 Å². The van der Waals surface area contributed by atoms with E-state index in [1.54, 1.807) is 36.4 Å². The fourth-order valence-electron chi connectivity index (χ4n) is 3.03. The van der Waals surface area contributed by atoms with Crippen LogP contribution in [0.15, 0.2) is 85.2 Å². The highest BCUT2D eigenvalue weighted by atomic mass is 19.1. The average Bonchev–Trinajstić information content (AvgIpc) is 2.76. The lowest BCUT2D eigenvalue weighted by Gasteiger charge is -2.10. The number of nitrogens with one attached hydrogen (secondary N) is 2. The predicted molar refractivity (Wildman–Crippen MR) is 116 cm³/mol. The first-order valence-electron chi connectivity index (χ1n) is 9.40. The van der Waals surface area contributed by atoms with Crippen molar-refractivity contribution in [2.75, 3.05) is 10.6 Å². The van der Waals surface area contributed by atoms with Crippen molar-refractivity contribution in [2.24, 2.45) is 0 Å². The van der Waals surface area contributed by atoms with Gasteiger partial charge >= 0.3 is 0 Å². The summed E-state index contributed by atoms with van der Waals surface area (Å²) in [6.45, 7) is 1.94. The number of carbonyl (C=O) groups is 1. The minimum atomic E-state index is -0.326. The first-order valence-corrected chi connectivity index (χ1v) is 9.40. The van der Waals surface area contributed by atoms with E-state index in [0.717, 1.165) is 11.3 Å². The summed E-state index contributed by atoms with van der Waals surface area (Å²) in [4.78, 5) is 21.1. The van der Waals surface area contributed by atoms with Crippen LogP contribution in [0, 0.1) is 12.7 Å². The molecular formula is C24H19FN4O. The van der Waals surface area contributed by atoms with Gasteiger partial charge in [-0.3, -0.25) is 4.79 Å². The molecule has 0 fully saturated rings. The van der Waals surface area contributed by atoms with Gasteiger partial charge in [0.25, 0.3) is 5.91 Å². The Labute approximate surface area is 173 Å². The third-order valence-electron chi connectivity index (χ3n) is 4.58. The van der Waals surface area contributed by atoms with Gasteiger partial charge in [0.15, 0.2) is 0 Å². The topological polar surface area (TPSA) is 66.9 Å². The molecule has 0 radical (unpaired) electrons. The third kappa shape index (κ3) is 4.50. The zero-order chi connectivity index (χ0) is 20.9. The molecule has 1 heterocycles. The van der Waals surface area contributed by atoms with Crippen molar-refractivity contribution >= 4 is 23.1 Å². The molecule has 2 N–H and O–H groups in total. The Hall–Kier alpha value is -4.06. The van der Waals surface area contributed by atoms with Gasteiger partial charge in [-0.25, -0.2) is 14.4 Å². The summed E-state index contributed by atoms with van der Waals surface area (Å²) < 4.78 is 13.5. The number of amides is 1. The average molecular weight is 398 g/mol. The van der Waals surface area contributed by atoms with Crippen LogP contribution in [0.4, 0.5) is 21.6 Å². The van der Waals surface area contributed by atoms with E-state index in [2.05, 4.69) is 20.6 Å². The summed E-state index contributed by atoms with van der Waals surface area (Å²) in [7, 11) is 0. The van der Waals surface area contributed by atoms with Crippen molar-refractivity contribution in [1.29, 1.82) is 0 Å². The Kier molecular flexibility index (Phi) is 5.48. The molecule has 0 aliphatic heterocycles. The standard InChI is InChI=1S/C24H19FN4O/c1-16-6-2-3-11-21(16)29-24(30)18-8-5-10-20(13-18)28-23-14-22(26-15-27-23)17-7-4-9-19(25)12-17/h2-15H,1H3,(H,29,30)(H,26,27,28). The molecular weight excluding hydrogens is 379 g/mol. The second-order valence-electron chi connectivity index (χ2n) is 6.77. The molecule has 4 rings (SSSR count). The van der Waals surface area contributed by atoms with Crippen molar-refractivity contribution in [3.8, 4) is 11.3 Å². The number of halogens is 1. The molecule has 1 amide bonds. The van der Waals surface area contributed by atoms with Crippen molar-refractivity contribution in [3.63, 3.8) is 0 Å². The van der Waals surface area contributed by atoms with Gasteiger partial charge in [-0.05, 0) is 48.9 Å². The lowest BCUT2D eigenvalue weighted by Crippen LogP contribution is -2.12. The number of aromatic nitrogens is 2. The molecule has 30 heavy (non-hydrogen) atoms. The Morgan fingerprint density at radius 3 is 2.57 bits per heavy atom. The summed E-state index contributed by atoms with van der Waals surface area (Å²) in [5, 5.41) is 6.10. The van der Waals surface area contributed by atoms with Crippen molar-refractivity contribution in [3.05, 3.63) is 102 Å². The number of rotatable bonds is 5. The Balaban J connectivity index is 1.53. The van der Waals surface area contributed by atoms with Crippen molar-refractivity contribution in [2.45, 2.75) is 6.92 Å². The molecule has 0 unspecified atom stereocenters. The zero-order valence-electron chi connectivity index (χ0n) is 16.3. The summed E-state index contributed by atoms with van der Waals surface area (Å²) in [5.41, 5.74) is 4.24. The van der Waals surface area contributed by atoms with Gasteiger partial charge in [-0.15, -0.1) is 0 Å². The van der Waals surface area contributed by atoms with Crippen LogP contribution in [0.25, 0.3) is 11.3 Å². The molecule has 6 heteroatoms. The van der Waals surface area contributed by atoms with E-state index in [4.69, 9.17) is 0 Å². The first kappa shape index (κ1) is 19.3. The number of nitrogens with zero attached hydrogens (tertiary/aromatic N) is 2. The smallest absolute Gasteiger partial charge is 0.255 e. The van der Waals surface area contributed by atoms with Gasteiger partial charge in [0.1, 0.15) is 18.0 Å². The quantitative estimate of drug-likeness (QED) is 0.460. The molecule has 3 aromatic carbocycles. The molecule has 0 atom stereocenters. The number of hydrogen-bond donors (Lipinski definition) is 2. The van der Waals surface area contributed by atoms with Gasteiger partial charge in [0, 0.05) is 28.6 Å². The predicted octanol–water partition coefficient (Wildman–Crippen LogP) is 5.59. The van der Waals surface area contributed by atoms with E-state index < -0.39 is 0 Å². The molecule has 4 aromatic rings. The van der Waals surface area contributed by atoms with E-state index >= 15 is 0 Å². The first-order chi connectivity index (χ1) is 14.6. The van der Waals surface area contributed by atoms with Crippen LogP contribution in [0.5, 0.6) is 0 Å². The molecule has 5 nitrogen and oxygen atoms in total. The number of anilines is 3. The lowest BCUT2D eigenvalue weighted by atomic mass is 10.1. The number of carbonyl (C=O) groups excluding carboxylic acids is 1. The van der Waals surface area contributed by atoms with E-state index in [0.29, 0.717) is 28.3 Å². The number of aryl methyl sites for hydroxylation is 1. The minimum Gasteiger partial charge on any atom is -0.340 e. The molecule has 0 bridgehead atoms. The van der Waals surface area contributed by atoms with Crippen LogP contribution in [0.3, 0.4) is 0 Å². The summed E-state index contributed by atoms with van der Waals surface area (Å²) in [5.74, 6) is 0.0183. The second kappa shape index (κ2) is 8.53. The van der Waals surface area contributed by atoms with E-state index in [1.165, 1.54) is 18.5 Å². The highest BCUT2D eigenvalue weighted by molar-refractivity contribution is 6.05. The maximum absolute atomic E-state index is 13.5. The third-order valence-corrected chi connectivity index (χ3v) is 4.58. The van der Waals surface area contributed by atoms with Gasteiger partial charge in [-0.1, -0.05) is 36.4 Å². The number of benzene rings is 3. The van der Waals surface area contributed by atoms with Gasteiger partial charge in [0.2, 0.25) is 0 Å². The van der Waals surface area contributed by atoms with Crippen LogP contribution < -0.4 is 10.6 Å². The van der Waals surface area contributed by atoms with E-state index in [9.17, 15) is 9.18 Å². The fraction of sp³-hybridized carbons (Fsp3) is 0.0417. The normalized spacial score (nSPS) is 10.5. The number of hydrogen-bond acceptors (Lipinski definition) is 4. The summed E-state index contributed by atoms with van der Waals surface area (Å²) in [6.07, 6.45) is 1.41. The highest BCUT2D eigenvalue weighted by Crippen LogP contribution is 2.23. The molecule has 0 aliphatic rings. The SMILES string of the molecule is Cc1ccccc1NC(=O)c1cccc(Nc2cc(-c3cccc(F)c3)ncn2)c1. The molecule has 0 saturated carbocycles. The van der Waals surface area contributed by atoms with Crippen LogP contribution >= 0.6 is 0 Å². The Morgan fingerprint density at radius 1 is 0.900 bits per heavy atom. The van der Waals surface area contributed by atoms with Crippen LogP contribution in [0.2, 0.25) is 0 Å². The highest BCUT2D eigenvalue weighted by Gasteiger charge is 2.09. The van der Waals surface area contributed by atoms with Crippen LogP contribution in [0.1, 0.15) is 15.9 Å². The van der Waals surface area contributed by atoms with E-state index in [-0.39, 0.29) is 11.7 Å². The molecule has 0 spiro atoms. The second-order valence-corrected chi connectivity index (χ2v) is 6.77. The van der Waals surface area contributed by atoms with E-state index in [1.807, 2.05) is 37.3 Å². The van der Waals surface area contributed by atoms with Crippen LogP contribution in [-0.4, -0.2) is 15.9 Å². The maximum Gasteiger partial charge on any atom is 0.255 e. The minimum absolute atomic E-state index is 0.198. The molecule has 1 aromatic heterocycles. The summed E-state index contributed by atoms with van der Waals surface area (Å²) >= 11 is 0. The zero-order valence-corrected chi connectivity index (χ0v) is 16.3. The van der Waals surface area contributed by atoms with Crippen LogP contribution in [-0.2, 0) is 0 Å². The number of para-hydroxylation sites is 1. The largest absolute Gasteiger partial charge is 0.340 e. The summed E-state index contributed by atoms with van der Waals surface area (Å²) in [6, 6.07) is 22.7. The molecule has 0 aliphatic carbocycles.